The van der Waals surface area contributed by atoms with Crippen LogP contribution in [-0.2, 0) is 0 Å². The molecule has 0 aliphatic carbocycles. The maximum atomic E-state index is 13.6. The Bertz CT molecular complexity index is 1520. The smallest absolute Gasteiger partial charge is 0.395 e. The monoisotopic (exact) mass is 474 g/mol. The number of ether oxygens (including phenoxy) is 4. The summed E-state index contributed by atoms with van der Waals surface area (Å²) in [6.07, 6.45) is -4.95. The predicted octanol–water partition coefficient (Wildman–Crippen LogP) is 3.73. The van der Waals surface area contributed by atoms with Crippen molar-refractivity contribution in [2.45, 2.75) is 12.6 Å². The number of rotatable bonds is 3. The van der Waals surface area contributed by atoms with Crippen molar-refractivity contribution in [1.29, 1.82) is 0 Å². The van der Waals surface area contributed by atoms with Gasteiger partial charge in [-0.25, -0.2) is 9.36 Å². The number of halogens is 4. The fourth-order valence-corrected chi connectivity index (χ4v) is 3.61. The van der Waals surface area contributed by atoms with Crippen LogP contribution >= 0.6 is 0 Å². The summed E-state index contributed by atoms with van der Waals surface area (Å²) < 4.78 is 74.3. The van der Waals surface area contributed by atoms with Crippen LogP contribution in [0.2, 0.25) is 0 Å². The molecular formula is C21H10F4N4O5. The van der Waals surface area contributed by atoms with E-state index in [1.165, 1.54) is 70.3 Å². The summed E-state index contributed by atoms with van der Waals surface area (Å²) in [5.74, 6) is -0.803. The SMILES string of the molecule is O=c1ccn(-c2ccc3c(c2)OC(F)(F)O3)nc1-c1ccnn1-c1cccc2c1OC(F)(F)O2. The van der Waals surface area contributed by atoms with Gasteiger partial charge >= 0.3 is 12.6 Å². The third-order valence-corrected chi connectivity index (χ3v) is 4.98. The molecule has 0 saturated carbocycles. The number of alkyl halides is 4. The molecule has 0 unspecified atom stereocenters. The summed E-state index contributed by atoms with van der Waals surface area (Å²) in [6, 6.07) is 10.9. The number of hydrogen-bond acceptors (Lipinski definition) is 7. The van der Waals surface area contributed by atoms with E-state index in [2.05, 4.69) is 29.1 Å². The zero-order valence-electron chi connectivity index (χ0n) is 16.6. The molecule has 0 fully saturated rings. The van der Waals surface area contributed by atoms with E-state index in [0.717, 1.165) is 0 Å². The van der Waals surface area contributed by atoms with Gasteiger partial charge in [0.05, 0.1) is 17.6 Å². The minimum absolute atomic E-state index is 0.0914. The molecule has 13 heteroatoms. The molecule has 34 heavy (non-hydrogen) atoms. The second-order valence-corrected chi connectivity index (χ2v) is 7.17. The second-order valence-electron chi connectivity index (χ2n) is 7.17. The number of fused-ring (bicyclic) bond motifs is 2. The molecule has 4 aromatic rings. The summed E-state index contributed by atoms with van der Waals surface area (Å²) in [5.41, 5.74) is -0.0357. The van der Waals surface area contributed by atoms with Crippen LogP contribution in [0.4, 0.5) is 17.6 Å². The molecule has 0 N–H and O–H groups in total. The van der Waals surface area contributed by atoms with E-state index in [4.69, 9.17) is 0 Å². The highest BCUT2D eigenvalue weighted by atomic mass is 19.3. The van der Waals surface area contributed by atoms with Crippen molar-refractivity contribution >= 4 is 0 Å². The number of nitrogens with zero attached hydrogens (tertiary/aromatic N) is 4. The lowest BCUT2D eigenvalue weighted by molar-refractivity contribution is -0.287. The molecule has 2 aromatic heterocycles. The molecule has 9 nitrogen and oxygen atoms in total. The fraction of sp³-hybridized carbons (Fsp3) is 0.0952. The van der Waals surface area contributed by atoms with Crippen LogP contribution in [0.5, 0.6) is 23.0 Å². The maximum Gasteiger partial charge on any atom is 0.586 e. The highest BCUT2D eigenvalue weighted by Crippen LogP contribution is 2.45. The van der Waals surface area contributed by atoms with Gasteiger partial charge in [0.1, 0.15) is 5.69 Å². The Kier molecular flexibility index (Phi) is 3.97. The molecule has 2 aliphatic rings. The Labute approximate surface area is 186 Å². The Morgan fingerprint density at radius 1 is 0.824 bits per heavy atom. The van der Waals surface area contributed by atoms with Crippen LogP contribution in [-0.4, -0.2) is 32.2 Å². The molecule has 0 atom stereocenters. The highest BCUT2D eigenvalue weighted by Gasteiger charge is 2.45. The van der Waals surface area contributed by atoms with Crippen molar-refractivity contribution in [3.63, 3.8) is 0 Å². The highest BCUT2D eigenvalue weighted by molar-refractivity contribution is 5.63. The van der Waals surface area contributed by atoms with Gasteiger partial charge in [0, 0.05) is 18.3 Å². The number of hydrogen-bond donors (Lipinski definition) is 0. The third kappa shape index (κ3) is 3.20. The number of para-hydroxylation sites is 1. The zero-order chi connectivity index (χ0) is 23.7. The topological polar surface area (TPSA) is 89.6 Å². The quantitative estimate of drug-likeness (QED) is 0.418. The maximum absolute atomic E-state index is 13.6. The van der Waals surface area contributed by atoms with Gasteiger partial charge in [-0.1, -0.05) is 6.07 Å². The van der Waals surface area contributed by atoms with E-state index >= 15 is 0 Å². The van der Waals surface area contributed by atoms with Crippen molar-refractivity contribution in [2.75, 3.05) is 0 Å². The first-order chi connectivity index (χ1) is 16.2. The molecule has 0 spiro atoms. The van der Waals surface area contributed by atoms with Gasteiger partial charge in [0.25, 0.3) is 0 Å². The fourth-order valence-electron chi connectivity index (χ4n) is 3.61. The third-order valence-electron chi connectivity index (χ3n) is 4.98. The van der Waals surface area contributed by atoms with Crippen molar-refractivity contribution in [3.05, 3.63) is 71.1 Å². The Hall–Kier alpha value is -4.55. The van der Waals surface area contributed by atoms with E-state index < -0.39 is 18.0 Å². The number of aromatic nitrogens is 4. The first-order valence-corrected chi connectivity index (χ1v) is 9.63. The summed E-state index contributed by atoms with van der Waals surface area (Å²) in [4.78, 5) is 12.7. The minimum Gasteiger partial charge on any atom is -0.395 e. The zero-order valence-corrected chi connectivity index (χ0v) is 16.6. The Morgan fingerprint density at radius 3 is 2.44 bits per heavy atom. The second kappa shape index (κ2) is 6.73. The minimum atomic E-state index is -3.85. The first-order valence-electron chi connectivity index (χ1n) is 9.63. The van der Waals surface area contributed by atoms with Crippen LogP contribution in [0.1, 0.15) is 0 Å². The average Bonchev–Trinajstić information content (AvgIpc) is 3.45. The van der Waals surface area contributed by atoms with Gasteiger partial charge < -0.3 is 18.9 Å². The Balaban J connectivity index is 1.43. The van der Waals surface area contributed by atoms with Gasteiger partial charge in [0.15, 0.2) is 28.7 Å². The molecule has 0 amide bonds. The lowest BCUT2D eigenvalue weighted by atomic mass is 10.2. The largest absolute Gasteiger partial charge is 0.586 e. The van der Waals surface area contributed by atoms with Crippen molar-refractivity contribution in [1.82, 2.24) is 19.6 Å². The Morgan fingerprint density at radius 2 is 1.59 bits per heavy atom. The van der Waals surface area contributed by atoms with E-state index in [9.17, 15) is 22.4 Å². The number of benzene rings is 2. The molecule has 0 saturated heterocycles. The van der Waals surface area contributed by atoms with Gasteiger partial charge in [-0.3, -0.25) is 4.79 Å². The molecule has 2 aliphatic heterocycles. The van der Waals surface area contributed by atoms with Gasteiger partial charge in [-0.15, -0.1) is 17.6 Å². The summed E-state index contributed by atoms with van der Waals surface area (Å²) in [5, 5.41) is 8.42. The van der Waals surface area contributed by atoms with Crippen molar-refractivity contribution < 1.29 is 36.5 Å². The lowest BCUT2D eigenvalue weighted by Gasteiger charge is -2.11. The normalized spacial score (nSPS) is 16.6. The summed E-state index contributed by atoms with van der Waals surface area (Å²) >= 11 is 0. The predicted molar refractivity (Wildman–Crippen MR) is 105 cm³/mol. The molecule has 2 aromatic carbocycles. The van der Waals surface area contributed by atoms with Crippen LogP contribution in [0, 0.1) is 0 Å². The average molecular weight is 474 g/mol. The van der Waals surface area contributed by atoms with Crippen molar-refractivity contribution in [3.8, 4) is 45.8 Å². The van der Waals surface area contributed by atoms with E-state index in [-0.39, 0.29) is 40.1 Å². The van der Waals surface area contributed by atoms with Crippen LogP contribution in [0.25, 0.3) is 22.8 Å². The standard InChI is InChI=1S/C21H10F4N4O5/c22-20(23)31-15-5-4-11(10-17(15)33-20)28-9-7-14(30)18(27-28)12-6-8-26-29(12)13-2-1-3-16-19(13)34-21(24,25)32-16/h1-10H. The summed E-state index contributed by atoms with van der Waals surface area (Å²) in [6.45, 7) is 0. The van der Waals surface area contributed by atoms with E-state index in [0.29, 0.717) is 5.69 Å². The molecular weight excluding hydrogens is 464 g/mol. The molecule has 172 valence electrons. The molecule has 0 bridgehead atoms. The van der Waals surface area contributed by atoms with Crippen LogP contribution < -0.4 is 24.4 Å². The van der Waals surface area contributed by atoms with Gasteiger partial charge in [-0.05, 0) is 30.3 Å². The van der Waals surface area contributed by atoms with Crippen LogP contribution in [0.15, 0.2) is 65.7 Å². The summed E-state index contributed by atoms with van der Waals surface area (Å²) in [7, 11) is 0. The molecule has 4 heterocycles. The van der Waals surface area contributed by atoms with Crippen molar-refractivity contribution in [2.24, 2.45) is 0 Å². The lowest BCUT2D eigenvalue weighted by Crippen LogP contribution is -2.26. The first kappa shape index (κ1) is 20.1. The van der Waals surface area contributed by atoms with Gasteiger partial charge in [0.2, 0.25) is 5.43 Å². The van der Waals surface area contributed by atoms with E-state index in [1.807, 2.05) is 0 Å². The van der Waals surface area contributed by atoms with Crippen LogP contribution in [0.3, 0.4) is 0 Å². The molecule has 6 rings (SSSR count). The van der Waals surface area contributed by atoms with E-state index in [1.54, 1.807) is 0 Å². The molecule has 0 radical (unpaired) electrons. The van der Waals surface area contributed by atoms with Gasteiger partial charge in [-0.2, -0.15) is 10.2 Å².